The molecule has 0 saturated heterocycles. The summed E-state index contributed by atoms with van der Waals surface area (Å²) in [5.41, 5.74) is 0.603. The summed E-state index contributed by atoms with van der Waals surface area (Å²) in [6.07, 6.45) is 0. The first-order chi connectivity index (χ1) is 5.24. The van der Waals surface area contributed by atoms with Crippen LogP contribution < -0.4 is 23.6 Å². The molecule has 0 aliphatic carbocycles. The van der Waals surface area contributed by atoms with E-state index in [0.29, 0.717) is 5.56 Å². The van der Waals surface area contributed by atoms with E-state index in [0.717, 1.165) is 5.75 Å². The molecule has 0 aliphatic heterocycles. The molecule has 0 saturated carbocycles. The zero-order chi connectivity index (χ0) is 8.27. The third kappa shape index (κ3) is 2.65. The van der Waals surface area contributed by atoms with Gasteiger partial charge in [0.15, 0.2) is 0 Å². The molecule has 1 aromatic carbocycles. The second kappa shape index (κ2) is 4.92. The SMILES string of the molecule is [CH2-]C(=O)c1ccc(OC)cc1.[Li+]. The molecule has 1 aromatic rings. The summed E-state index contributed by atoms with van der Waals surface area (Å²) in [5, 5.41) is 0. The van der Waals surface area contributed by atoms with Crippen LogP contribution in [0.3, 0.4) is 0 Å². The summed E-state index contributed by atoms with van der Waals surface area (Å²) in [4.78, 5) is 10.7. The molecule has 1 rings (SSSR count). The van der Waals surface area contributed by atoms with Crippen LogP contribution in [0.2, 0.25) is 0 Å². The van der Waals surface area contributed by atoms with Crippen molar-refractivity contribution in [1.82, 2.24) is 0 Å². The number of hydrogen-bond acceptors (Lipinski definition) is 2. The fourth-order valence-corrected chi connectivity index (χ4v) is 0.777. The van der Waals surface area contributed by atoms with Crippen molar-refractivity contribution < 1.29 is 28.4 Å². The minimum absolute atomic E-state index is 0. The summed E-state index contributed by atoms with van der Waals surface area (Å²) in [5.74, 6) is 0.572. The van der Waals surface area contributed by atoms with E-state index in [9.17, 15) is 4.79 Å². The van der Waals surface area contributed by atoms with Crippen molar-refractivity contribution in [2.24, 2.45) is 0 Å². The van der Waals surface area contributed by atoms with Crippen molar-refractivity contribution in [3.63, 3.8) is 0 Å². The predicted octanol–water partition coefficient (Wildman–Crippen LogP) is -1.28. The molecular weight excluding hydrogens is 147 g/mol. The molecule has 0 unspecified atom stereocenters. The van der Waals surface area contributed by atoms with Gasteiger partial charge in [0.1, 0.15) is 5.75 Å². The van der Waals surface area contributed by atoms with E-state index in [1.54, 1.807) is 31.4 Å². The quantitative estimate of drug-likeness (QED) is 0.303. The Morgan fingerprint density at radius 2 is 1.83 bits per heavy atom. The van der Waals surface area contributed by atoms with E-state index < -0.39 is 0 Å². The fourth-order valence-electron chi connectivity index (χ4n) is 0.777. The summed E-state index contributed by atoms with van der Waals surface area (Å²) in [7, 11) is 1.58. The Hall–Kier alpha value is -0.843. The second-order valence-corrected chi connectivity index (χ2v) is 2.15. The van der Waals surface area contributed by atoms with Gasteiger partial charge in [-0.1, -0.05) is 0 Å². The third-order valence-electron chi connectivity index (χ3n) is 1.41. The van der Waals surface area contributed by atoms with Crippen molar-refractivity contribution in [2.45, 2.75) is 0 Å². The van der Waals surface area contributed by atoms with Crippen molar-refractivity contribution in [1.29, 1.82) is 0 Å². The number of methoxy groups -OCH3 is 1. The molecule has 0 N–H and O–H groups in total. The van der Waals surface area contributed by atoms with E-state index in [-0.39, 0.29) is 24.6 Å². The van der Waals surface area contributed by atoms with Crippen LogP contribution in [-0.2, 0) is 0 Å². The summed E-state index contributed by atoms with van der Waals surface area (Å²) < 4.78 is 4.92. The standard InChI is InChI=1S/C9H9O2.Li/c1-7(10)8-3-5-9(11-2)6-4-8;/h3-6H,1H2,2H3;/q-1;+1. The van der Waals surface area contributed by atoms with E-state index in [4.69, 9.17) is 4.74 Å². The van der Waals surface area contributed by atoms with Gasteiger partial charge in [-0.05, 0) is 12.1 Å². The van der Waals surface area contributed by atoms with Gasteiger partial charge < -0.3 is 9.53 Å². The van der Waals surface area contributed by atoms with Gasteiger partial charge in [0.2, 0.25) is 0 Å². The number of ketones is 1. The molecule has 0 spiro atoms. The van der Waals surface area contributed by atoms with Gasteiger partial charge in [0, 0.05) is 5.78 Å². The molecule has 0 heterocycles. The van der Waals surface area contributed by atoms with Crippen LogP contribution in [-0.4, -0.2) is 12.9 Å². The third-order valence-corrected chi connectivity index (χ3v) is 1.41. The van der Waals surface area contributed by atoms with Gasteiger partial charge in [0.25, 0.3) is 0 Å². The topological polar surface area (TPSA) is 26.3 Å². The smallest absolute Gasteiger partial charge is 0.497 e. The Labute approximate surface area is 84.1 Å². The molecule has 0 amide bonds. The van der Waals surface area contributed by atoms with E-state index in [1.807, 2.05) is 0 Å². The molecule has 0 bridgehead atoms. The van der Waals surface area contributed by atoms with E-state index >= 15 is 0 Å². The Morgan fingerprint density at radius 3 is 2.17 bits per heavy atom. The van der Waals surface area contributed by atoms with Gasteiger partial charge in [-0.15, -0.1) is 17.7 Å². The van der Waals surface area contributed by atoms with Crippen molar-refractivity contribution in [3.05, 3.63) is 36.8 Å². The first-order valence-corrected chi connectivity index (χ1v) is 3.24. The van der Waals surface area contributed by atoms with Gasteiger partial charge in [-0.3, -0.25) is 0 Å². The molecular formula is C9H9LiO2. The van der Waals surface area contributed by atoms with Crippen molar-refractivity contribution >= 4 is 5.78 Å². The zero-order valence-electron chi connectivity index (χ0n) is 7.33. The Kier molecular flexibility index (Phi) is 4.57. The number of rotatable bonds is 2. The molecule has 0 aliphatic rings. The van der Waals surface area contributed by atoms with Crippen LogP contribution in [0.4, 0.5) is 0 Å². The van der Waals surface area contributed by atoms with Gasteiger partial charge in [0.05, 0.1) is 7.11 Å². The number of carbonyl (C=O) groups is 1. The summed E-state index contributed by atoms with van der Waals surface area (Å²) in [6, 6.07) is 6.85. The molecule has 58 valence electrons. The fraction of sp³-hybridized carbons (Fsp3) is 0.111. The monoisotopic (exact) mass is 156 g/mol. The number of benzene rings is 1. The van der Waals surface area contributed by atoms with Crippen LogP contribution in [0.5, 0.6) is 5.75 Å². The molecule has 0 radical (unpaired) electrons. The van der Waals surface area contributed by atoms with Crippen LogP contribution in [0.1, 0.15) is 10.4 Å². The number of hydrogen-bond donors (Lipinski definition) is 0. The molecule has 2 nitrogen and oxygen atoms in total. The molecule has 0 aromatic heterocycles. The minimum Gasteiger partial charge on any atom is -0.497 e. The maximum atomic E-state index is 10.7. The maximum Gasteiger partial charge on any atom is 1.00 e. The normalized spacial score (nSPS) is 8.42. The predicted molar refractivity (Wildman–Crippen MR) is 42.7 cm³/mol. The van der Waals surface area contributed by atoms with E-state index in [1.165, 1.54) is 0 Å². The average Bonchev–Trinajstić information content (AvgIpc) is 2.05. The average molecular weight is 156 g/mol. The maximum absolute atomic E-state index is 10.7. The van der Waals surface area contributed by atoms with Crippen LogP contribution in [0, 0.1) is 6.92 Å². The molecule has 12 heavy (non-hydrogen) atoms. The van der Waals surface area contributed by atoms with E-state index in [2.05, 4.69) is 6.92 Å². The van der Waals surface area contributed by atoms with Crippen molar-refractivity contribution in [2.75, 3.05) is 7.11 Å². The molecule has 0 atom stereocenters. The number of ether oxygens (including phenoxy) is 1. The second-order valence-electron chi connectivity index (χ2n) is 2.15. The van der Waals surface area contributed by atoms with Gasteiger partial charge >= 0.3 is 18.9 Å². The Morgan fingerprint density at radius 1 is 1.33 bits per heavy atom. The molecule has 0 fully saturated rings. The minimum atomic E-state index is -0.173. The van der Waals surface area contributed by atoms with Gasteiger partial charge in [-0.2, -0.15) is 6.92 Å². The molecule has 3 heteroatoms. The first-order valence-electron chi connectivity index (χ1n) is 3.24. The van der Waals surface area contributed by atoms with Gasteiger partial charge in [-0.25, -0.2) is 0 Å². The number of carbonyl (C=O) groups excluding carboxylic acids is 1. The zero-order valence-corrected chi connectivity index (χ0v) is 7.33. The van der Waals surface area contributed by atoms with Crippen LogP contribution >= 0.6 is 0 Å². The summed E-state index contributed by atoms with van der Waals surface area (Å²) >= 11 is 0. The Balaban J connectivity index is 0.00000121. The first kappa shape index (κ1) is 11.2. The van der Waals surface area contributed by atoms with Crippen molar-refractivity contribution in [3.8, 4) is 5.75 Å². The Bertz CT molecular complexity index is 254. The largest absolute Gasteiger partial charge is 1.00 e. The van der Waals surface area contributed by atoms with Crippen LogP contribution in [0.15, 0.2) is 24.3 Å². The van der Waals surface area contributed by atoms with Crippen LogP contribution in [0.25, 0.3) is 0 Å². The summed E-state index contributed by atoms with van der Waals surface area (Å²) in [6.45, 7) is 3.28. The number of Topliss-reactive ketones (excluding diaryl/α,β-unsaturated/α-hetero) is 1.